The highest BCUT2D eigenvalue weighted by molar-refractivity contribution is 9.10. The van der Waals surface area contributed by atoms with Gasteiger partial charge in [-0.25, -0.2) is 9.48 Å². The summed E-state index contributed by atoms with van der Waals surface area (Å²) in [4.78, 5) is 26.5. The molecule has 0 fully saturated rings. The van der Waals surface area contributed by atoms with Gasteiger partial charge in [0.1, 0.15) is 12.4 Å². The highest BCUT2D eigenvalue weighted by Gasteiger charge is 2.22. The average molecular weight is 519 g/mol. The summed E-state index contributed by atoms with van der Waals surface area (Å²) in [5, 5.41) is 10.9. The van der Waals surface area contributed by atoms with Gasteiger partial charge in [0.2, 0.25) is 5.91 Å². The van der Waals surface area contributed by atoms with Crippen LogP contribution in [-0.4, -0.2) is 40.2 Å². The number of carbonyl (C=O) groups excluding carboxylic acids is 2. The van der Waals surface area contributed by atoms with E-state index in [9.17, 15) is 9.59 Å². The number of carbonyl (C=O) groups is 2. The molecule has 3 amide bonds. The lowest BCUT2D eigenvalue weighted by Crippen LogP contribution is -2.37. The molecular formula is C23H25BrClN5O2. The maximum atomic E-state index is 12.7. The highest BCUT2D eigenvalue weighted by Crippen LogP contribution is 2.27. The smallest absolute Gasteiger partial charge is 0.318 e. The molecule has 0 aliphatic heterocycles. The van der Waals surface area contributed by atoms with Gasteiger partial charge in [0.15, 0.2) is 0 Å². The van der Waals surface area contributed by atoms with Crippen molar-refractivity contribution in [3.8, 4) is 5.69 Å². The molecule has 7 nitrogen and oxygen atoms in total. The van der Waals surface area contributed by atoms with Crippen molar-refractivity contribution in [3.05, 3.63) is 69.8 Å². The predicted molar refractivity (Wildman–Crippen MR) is 132 cm³/mol. The summed E-state index contributed by atoms with van der Waals surface area (Å²) in [6.07, 6.45) is 0. The summed E-state index contributed by atoms with van der Waals surface area (Å²) in [5.41, 5.74) is 2.02. The number of benzene rings is 2. The molecule has 32 heavy (non-hydrogen) atoms. The summed E-state index contributed by atoms with van der Waals surface area (Å²) in [6, 6.07) is 15.8. The highest BCUT2D eigenvalue weighted by atomic mass is 79.9. The predicted octanol–water partition coefficient (Wildman–Crippen LogP) is 5.69. The van der Waals surface area contributed by atoms with E-state index >= 15 is 0 Å². The second-order valence-corrected chi connectivity index (χ2v) is 9.75. The Morgan fingerprint density at radius 2 is 1.69 bits per heavy atom. The molecule has 1 heterocycles. The Morgan fingerprint density at radius 1 is 1.06 bits per heavy atom. The standard InChI is InChI=1S/C23H25BrClN5O2/c1-23(2,3)19-13-20(30(28-19)18-11-7-16(25)8-12-18)27-21(31)14-29(4)22(32)26-17-9-5-15(24)6-10-17/h5-13H,14H2,1-4H3,(H,26,32)(H,27,31). The Kier molecular flexibility index (Phi) is 7.26. The molecule has 3 aromatic rings. The fourth-order valence-corrected chi connectivity index (χ4v) is 3.23. The Balaban J connectivity index is 1.73. The van der Waals surface area contributed by atoms with Crippen molar-refractivity contribution in [2.45, 2.75) is 26.2 Å². The lowest BCUT2D eigenvalue weighted by atomic mass is 9.92. The lowest BCUT2D eigenvalue weighted by molar-refractivity contribution is -0.116. The van der Waals surface area contributed by atoms with Crippen LogP contribution in [0.15, 0.2) is 59.1 Å². The summed E-state index contributed by atoms with van der Waals surface area (Å²) in [5.74, 6) is 0.179. The molecule has 0 atom stereocenters. The molecule has 0 unspecified atom stereocenters. The molecule has 0 spiro atoms. The summed E-state index contributed by atoms with van der Waals surface area (Å²) >= 11 is 9.36. The number of urea groups is 1. The molecule has 2 N–H and O–H groups in total. The van der Waals surface area contributed by atoms with Gasteiger partial charge in [-0.2, -0.15) is 5.10 Å². The number of hydrogen-bond donors (Lipinski definition) is 2. The molecule has 0 aliphatic carbocycles. The van der Waals surface area contributed by atoms with E-state index in [0.717, 1.165) is 15.9 Å². The van der Waals surface area contributed by atoms with Crippen LogP contribution in [0.3, 0.4) is 0 Å². The van der Waals surface area contributed by atoms with Crippen LogP contribution < -0.4 is 10.6 Å². The zero-order chi connectivity index (χ0) is 23.5. The van der Waals surface area contributed by atoms with Crippen molar-refractivity contribution >= 4 is 51.0 Å². The van der Waals surface area contributed by atoms with Crippen LogP contribution in [0.1, 0.15) is 26.5 Å². The minimum absolute atomic E-state index is 0.126. The molecule has 0 aliphatic rings. The van der Waals surface area contributed by atoms with Crippen LogP contribution in [-0.2, 0) is 10.2 Å². The molecule has 1 aromatic heterocycles. The maximum Gasteiger partial charge on any atom is 0.322 e. The third-order valence-corrected chi connectivity index (χ3v) is 5.42. The quantitative estimate of drug-likeness (QED) is 0.455. The van der Waals surface area contributed by atoms with Crippen molar-refractivity contribution in [2.75, 3.05) is 24.2 Å². The SMILES string of the molecule is CN(CC(=O)Nc1cc(C(C)(C)C)nn1-c1ccc(Cl)cc1)C(=O)Nc1ccc(Br)cc1. The first-order valence-corrected chi connectivity index (χ1v) is 11.1. The van der Waals surface area contributed by atoms with Gasteiger partial charge in [0.05, 0.1) is 11.4 Å². The minimum atomic E-state index is -0.385. The number of halogens is 2. The van der Waals surface area contributed by atoms with Crippen LogP contribution in [0.4, 0.5) is 16.3 Å². The van der Waals surface area contributed by atoms with Crippen molar-refractivity contribution in [3.63, 3.8) is 0 Å². The van der Waals surface area contributed by atoms with Crippen LogP contribution in [0.25, 0.3) is 5.69 Å². The van der Waals surface area contributed by atoms with Gasteiger partial charge in [-0.05, 0) is 48.5 Å². The van der Waals surface area contributed by atoms with E-state index in [4.69, 9.17) is 11.6 Å². The Bertz CT molecular complexity index is 1100. The molecule has 0 saturated heterocycles. The van der Waals surface area contributed by atoms with Crippen molar-refractivity contribution < 1.29 is 9.59 Å². The van der Waals surface area contributed by atoms with E-state index in [0.29, 0.717) is 16.5 Å². The number of rotatable bonds is 5. The van der Waals surface area contributed by atoms with E-state index < -0.39 is 0 Å². The number of amides is 3. The number of likely N-dealkylation sites (N-methyl/N-ethyl adjacent to an activating group) is 1. The second-order valence-electron chi connectivity index (χ2n) is 8.39. The average Bonchev–Trinajstić information content (AvgIpc) is 3.14. The normalized spacial score (nSPS) is 11.2. The Morgan fingerprint density at radius 3 is 2.28 bits per heavy atom. The molecule has 0 radical (unpaired) electrons. The molecule has 2 aromatic carbocycles. The monoisotopic (exact) mass is 517 g/mol. The molecule has 0 bridgehead atoms. The van der Waals surface area contributed by atoms with Gasteiger partial charge in [0.25, 0.3) is 0 Å². The van der Waals surface area contributed by atoms with Crippen molar-refractivity contribution in [1.29, 1.82) is 0 Å². The van der Waals surface area contributed by atoms with E-state index in [1.807, 2.05) is 51.1 Å². The molecule has 168 valence electrons. The maximum absolute atomic E-state index is 12.7. The number of aromatic nitrogens is 2. The first-order chi connectivity index (χ1) is 15.0. The lowest BCUT2D eigenvalue weighted by Gasteiger charge is -2.18. The van der Waals surface area contributed by atoms with Gasteiger partial charge in [-0.3, -0.25) is 4.79 Å². The summed E-state index contributed by atoms with van der Waals surface area (Å²) < 4.78 is 2.58. The minimum Gasteiger partial charge on any atom is -0.318 e. The number of hydrogen-bond acceptors (Lipinski definition) is 3. The van der Waals surface area contributed by atoms with Crippen molar-refractivity contribution in [1.82, 2.24) is 14.7 Å². The van der Waals surface area contributed by atoms with E-state index in [1.165, 1.54) is 4.90 Å². The fraction of sp³-hybridized carbons (Fsp3) is 0.261. The third-order valence-electron chi connectivity index (χ3n) is 4.64. The van der Waals surface area contributed by atoms with Crippen molar-refractivity contribution in [2.24, 2.45) is 0 Å². The summed E-state index contributed by atoms with van der Waals surface area (Å²) in [7, 11) is 1.56. The van der Waals surface area contributed by atoms with Gasteiger partial charge >= 0.3 is 6.03 Å². The van der Waals surface area contributed by atoms with E-state index in [1.54, 1.807) is 36.0 Å². The number of anilines is 2. The van der Waals surface area contributed by atoms with Gasteiger partial charge < -0.3 is 15.5 Å². The molecular weight excluding hydrogens is 494 g/mol. The van der Waals surface area contributed by atoms with E-state index in [-0.39, 0.29) is 23.9 Å². The Labute approximate surface area is 200 Å². The Hall–Kier alpha value is -2.84. The van der Waals surface area contributed by atoms with Gasteiger partial charge in [0, 0.05) is 33.7 Å². The third kappa shape index (κ3) is 6.11. The van der Waals surface area contributed by atoms with Crippen LogP contribution >= 0.6 is 27.5 Å². The summed E-state index contributed by atoms with van der Waals surface area (Å²) in [6.45, 7) is 6.02. The zero-order valence-electron chi connectivity index (χ0n) is 18.3. The van der Waals surface area contributed by atoms with Crippen LogP contribution in [0, 0.1) is 0 Å². The molecule has 3 rings (SSSR count). The van der Waals surface area contributed by atoms with Gasteiger partial charge in [-0.1, -0.05) is 48.3 Å². The van der Waals surface area contributed by atoms with E-state index in [2.05, 4.69) is 31.7 Å². The largest absolute Gasteiger partial charge is 0.322 e. The first kappa shape index (κ1) is 23.8. The molecule has 0 saturated carbocycles. The number of nitrogens with one attached hydrogen (secondary N) is 2. The molecule has 9 heteroatoms. The zero-order valence-corrected chi connectivity index (χ0v) is 20.7. The van der Waals surface area contributed by atoms with Gasteiger partial charge in [-0.15, -0.1) is 0 Å². The number of nitrogens with zero attached hydrogens (tertiary/aromatic N) is 3. The fourth-order valence-electron chi connectivity index (χ4n) is 2.84. The van der Waals surface area contributed by atoms with Crippen LogP contribution in [0.2, 0.25) is 5.02 Å². The first-order valence-electron chi connectivity index (χ1n) is 9.97. The topological polar surface area (TPSA) is 79.3 Å². The second kappa shape index (κ2) is 9.75. The van der Waals surface area contributed by atoms with Crippen LogP contribution in [0.5, 0.6) is 0 Å².